The van der Waals surface area contributed by atoms with Crippen LogP contribution >= 0.6 is 23.2 Å². The van der Waals surface area contributed by atoms with Crippen LogP contribution in [-0.4, -0.2) is 23.7 Å². The van der Waals surface area contributed by atoms with Gasteiger partial charge in [-0.15, -0.1) is 0 Å². The first-order valence-electron chi connectivity index (χ1n) is 8.67. The van der Waals surface area contributed by atoms with Gasteiger partial charge in [0.1, 0.15) is 22.2 Å². The summed E-state index contributed by atoms with van der Waals surface area (Å²) in [7, 11) is 0. The van der Waals surface area contributed by atoms with Gasteiger partial charge >= 0.3 is 6.09 Å². The maximum atomic E-state index is 14.0. The van der Waals surface area contributed by atoms with Crippen LogP contribution in [0, 0.1) is 5.82 Å². The second kappa shape index (κ2) is 9.33. The molecule has 2 N–H and O–H groups in total. The number of ether oxygens (including phenoxy) is 2. The van der Waals surface area contributed by atoms with Gasteiger partial charge in [0.05, 0.1) is 10.7 Å². The number of anilines is 2. The van der Waals surface area contributed by atoms with E-state index in [1.807, 2.05) is 0 Å². The highest BCUT2D eigenvalue weighted by atomic mass is 35.5. The molecule has 9 heteroatoms. The van der Waals surface area contributed by atoms with Crippen LogP contribution in [-0.2, 0) is 9.53 Å². The number of rotatable bonds is 5. The number of amides is 2. The Morgan fingerprint density at radius 3 is 2.45 bits per heavy atom. The SMILES string of the molecule is CC(Oc1cccc(Cl)c1Cl)C(=O)Nc1ccc(F)c(NC(=O)OC(C)(C)C)c1. The number of hydrogen-bond donors (Lipinski definition) is 2. The number of hydrogen-bond acceptors (Lipinski definition) is 4. The van der Waals surface area contributed by atoms with E-state index in [2.05, 4.69) is 10.6 Å². The Morgan fingerprint density at radius 2 is 1.79 bits per heavy atom. The summed E-state index contributed by atoms with van der Waals surface area (Å²) in [5, 5.41) is 5.39. The van der Waals surface area contributed by atoms with Crippen LogP contribution in [0.1, 0.15) is 27.7 Å². The van der Waals surface area contributed by atoms with Crippen LogP contribution < -0.4 is 15.4 Å². The van der Waals surface area contributed by atoms with E-state index in [1.54, 1.807) is 39.0 Å². The molecule has 0 heterocycles. The summed E-state index contributed by atoms with van der Waals surface area (Å²) in [6.45, 7) is 6.59. The van der Waals surface area contributed by atoms with Gasteiger partial charge in [-0.05, 0) is 58.0 Å². The standard InChI is InChI=1S/C20H21Cl2FN2O4/c1-11(28-16-7-5-6-13(21)17(16)22)18(26)24-12-8-9-14(23)15(10-12)25-19(27)29-20(2,3)4/h5-11H,1-4H3,(H,24,26)(H,25,27). The van der Waals surface area contributed by atoms with Gasteiger partial charge in [-0.3, -0.25) is 10.1 Å². The highest BCUT2D eigenvalue weighted by Crippen LogP contribution is 2.32. The van der Waals surface area contributed by atoms with Gasteiger partial charge in [-0.2, -0.15) is 0 Å². The number of carbonyl (C=O) groups excluding carboxylic acids is 2. The maximum absolute atomic E-state index is 14.0. The molecule has 1 atom stereocenters. The maximum Gasteiger partial charge on any atom is 0.412 e. The van der Waals surface area contributed by atoms with Gasteiger partial charge in [0.15, 0.2) is 6.10 Å². The van der Waals surface area contributed by atoms with Gasteiger partial charge in [0, 0.05) is 5.69 Å². The molecule has 0 aliphatic rings. The van der Waals surface area contributed by atoms with E-state index in [0.29, 0.717) is 5.02 Å². The van der Waals surface area contributed by atoms with Crippen molar-refractivity contribution in [1.29, 1.82) is 0 Å². The first kappa shape index (κ1) is 22.8. The summed E-state index contributed by atoms with van der Waals surface area (Å²) in [4.78, 5) is 24.3. The van der Waals surface area contributed by atoms with Crippen molar-refractivity contribution >= 4 is 46.6 Å². The molecule has 0 saturated heterocycles. The van der Waals surface area contributed by atoms with Crippen LogP contribution in [0.25, 0.3) is 0 Å². The molecule has 0 radical (unpaired) electrons. The normalized spacial score (nSPS) is 12.1. The van der Waals surface area contributed by atoms with Crippen molar-refractivity contribution < 1.29 is 23.5 Å². The molecule has 0 aromatic heterocycles. The first-order chi connectivity index (χ1) is 13.5. The zero-order chi connectivity index (χ0) is 21.8. The van der Waals surface area contributed by atoms with Crippen molar-refractivity contribution in [3.63, 3.8) is 0 Å². The van der Waals surface area contributed by atoms with E-state index in [0.717, 1.165) is 6.07 Å². The van der Waals surface area contributed by atoms with Gasteiger partial charge in [0.2, 0.25) is 0 Å². The minimum absolute atomic E-state index is 0.136. The van der Waals surface area contributed by atoms with Crippen molar-refractivity contribution in [3.05, 3.63) is 52.3 Å². The quantitative estimate of drug-likeness (QED) is 0.605. The van der Waals surface area contributed by atoms with E-state index >= 15 is 0 Å². The Balaban J connectivity index is 2.06. The Hall–Kier alpha value is -2.51. The summed E-state index contributed by atoms with van der Waals surface area (Å²) in [6, 6.07) is 8.56. The van der Waals surface area contributed by atoms with E-state index in [9.17, 15) is 14.0 Å². The fourth-order valence-electron chi connectivity index (χ4n) is 2.18. The molecule has 6 nitrogen and oxygen atoms in total. The minimum Gasteiger partial charge on any atom is -0.479 e. The van der Waals surface area contributed by atoms with Gasteiger partial charge in [-0.25, -0.2) is 9.18 Å². The van der Waals surface area contributed by atoms with Crippen molar-refractivity contribution in [2.75, 3.05) is 10.6 Å². The molecule has 0 aliphatic carbocycles. The molecule has 2 aromatic rings. The van der Waals surface area contributed by atoms with Gasteiger partial charge in [0.25, 0.3) is 5.91 Å². The van der Waals surface area contributed by atoms with Gasteiger partial charge in [-0.1, -0.05) is 29.3 Å². The monoisotopic (exact) mass is 442 g/mol. The molecule has 2 amide bonds. The molecule has 29 heavy (non-hydrogen) atoms. The molecule has 0 aliphatic heterocycles. The fraction of sp³-hybridized carbons (Fsp3) is 0.300. The molecular weight excluding hydrogens is 422 g/mol. The summed E-state index contributed by atoms with van der Waals surface area (Å²) in [5.41, 5.74) is -0.612. The highest BCUT2D eigenvalue weighted by Gasteiger charge is 2.20. The number of halogens is 3. The molecule has 1 unspecified atom stereocenters. The van der Waals surface area contributed by atoms with Crippen LogP contribution in [0.2, 0.25) is 10.0 Å². The molecule has 0 fully saturated rings. The number of nitrogens with one attached hydrogen (secondary N) is 2. The molecule has 0 bridgehead atoms. The zero-order valence-corrected chi connectivity index (χ0v) is 17.8. The summed E-state index contributed by atoms with van der Waals surface area (Å²) >= 11 is 12.0. The van der Waals surface area contributed by atoms with E-state index < -0.39 is 29.5 Å². The fourth-order valence-corrected chi connectivity index (χ4v) is 2.51. The Bertz CT molecular complexity index is 916. The Kier molecular flexibility index (Phi) is 7.32. The molecule has 156 valence electrons. The second-order valence-corrected chi connectivity index (χ2v) is 7.91. The van der Waals surface area contributed by atoms with Crippen molar-refractivity contribution in [2.24, 2.45) is 0 Å². The predicted octanol–water partition coefficient (Wildman–Crippen LogP) is 5.89. The minimum atomic E-state index is -0.918. The van der Waals surface area contributed by atoms with Crippen LogP contribution in [0.4, 0.5) is 20.6 Å². The van der Waals surface area contributed by atoms with Crippen LogP contribution in [0.5, 0.6) is 5.75 Å². The predicted molar refractivity (Wildman–Crippen MR) is 111 cm³/mol. The topological polar surface area (TPSA) is 76.7 Å². The largest absolute Gasteiger partial charge is 0.479 e. The van der Waals surface area contributed by atoms with Crippen LogP contribution in [0.15, 0.2) is 36.4 Å². The second-order valence-electron chi connectivity index (χ2n) is 7.12. The average molecular weight is 443 g/mol. The molecule has 0 saturated carbocycles. The lowest BCUT2D eigenvalue weighted by atomic mass is 10.2. The number of carbonyl (C=O) groups is 2. The van der Waals surface area contributed by atoms with Crippen LogP contribution in [0.3, 0.4) is 0 Å². The molecule has 2 aromatic carbocycles. The van der Waals surface area contributed by atoms with Gasteiger partial charge < -0.3 is 14.8 Å². The molecule has 2 rings (SSSR count). The lowest BCUT2D eigenvalue weighted by molar-refractivity contribution is -0.122. The molecular formula is C20H21Cl2FN2O4. The Labute approximate surface area is 178 Å². The molecule has 0 spiro atoms. The van der Waals surface area contributed by atoms with Crippen molar-refractivity contribution in [3.8, 4) is 5.75 Å². The lowest BCUT2D eigenvalue weighted by Gasteiger charge is -2.20. The number of benzene rings is 2. The zero-order valence-electron chi connectivity index (χ0n) is 16.3. The lowest BCUT2D eigenvalue weighted by Crippen LogP contribution is -2.30. The smallest absolute Gasteiger partial charge is 0.412 e. The summed E-state index contributed by atoms with van der Waals surface area (Å²) in [6.07, 6.45) is -1.73. The average Bonchev–Trinajstić information content (AvgIpc) is 2.60. The van der Waals surface area contributed by atoms with E-state index in [-0.39, 0.29) is 22.1 Å². The van der Waals surface area contributed by atoms with Crippen molar-refractivity contribution in [1.82, 2.24) is 0 Å². The first-order valence-corrected chi connectivity index (χ1v) is 9.43. The van der Waals surface area contributed by atoms with E-state index in [4.69, 9.17) is 32.7 Å². The van der Waals surface area contributed by atoms with Crippen molar-refractivity contribution in [2.45, 2.75) is 39.4 Å². The highest BCUT2D eigenvalue weighted by molar-refractivity contribution is 6.42. The summed E-state index contributed by atoms with van der Waals surface area (Å²) < 4.78 is 24.6. The summed E-state index contributed by atoms with van der Waals surface area (Å²) in [5.74, 6) is -0.923. The third kappa shape index (κ3) is 6.80. The third-order valence-corrected chi connectivity index (χ3v) is 4.26. The Morgan fingerprint density at radius 1 is 1.10 bits per heavy atom. The van der Waals surface area contributed by atoms with E-state index in [1.165, 1.54) is 19.1 Å². The third-order valence-electron chi connectivity index (χ3n) is 3.46.